The van der Waals surface area contributed by atoms with Crippen LogP contribution in [0.15, 0.2) is 60.8 Å². The summed E-state index contributed by atoms with van der Waals surface area (Å²) in [6, 6.07) is 0. The second-order valence-corrected chi connectivity index (χ2v) is 13.7. The minimum absolute atomic E-state index is 0.122. The molecule has 1 rings (SSSR count). The number of aliphatic hydroxyl groups excluding tert-OH is 4. The molecule has 0 radical (unpaired) electrons. The summed E-state index contributed by atoms with van der Waals surface area (Å²) in [6.45, 7) is 4.34. The van der Waals surface area contributed by atoms with E-state index in [-0.39, 0.29) is 19.2 Å². The highest BCUT2D eigenvalue weighted by Gasteiger charge is 2.44. The predicted octanol–water partition coefficient (Wildman–Crippen LogP) is 8.35. The van der Waals surface area contributed by atoms with Crippen molar-refractivity contribution in [3.05, 3.63) is 60.8 Å². The van der Waals surface area contributed by atoms with Gasteiger partial charge in [-0.25, -0.2) is 0 Å². The molecule has 6 atom stereocenters. The second-order valence-electron chi connectivity index (χ2n) is 13.7. The average Bonchev–Trinajstić information content (AvgIpc) is 3.14. The van der Waals surface area contributed by atoms with E-state index in [4.69, 9.17) is 18.9 Å². The summed E-state index contributed by atoms with van der Waals surface area (Å²) in [5.41, 5.74) is 0. The van der Waals surface area contributed by atoms with Gasteiger partial charge in [-0.05, 0) is 57.8 Å². The first-order valence-electron chi connectivity index (χ1n) is 20.4. The zero-order valence-corrected chi connectivity index (χ0v) is 32.5. The van der Waals surface area contributed by atoms with Crippen LogP contribution >= 0.6 is 0 Å². The summed E-state index contributed by atoms with van der Waals surface area (Å²) in [4.78, 5) is 12.6. The number of carbonyl (C=O) groups is 1. The molecule has 300 valence electrons. The number of unbranched alkanes of at least 4 members (excludes halogenated alkanes) is 12. The molecule has 52 heavy (non-hydrogen) atoms. The van der Waals surface area contributed by atoms with Gasteiger partial charge in [0, 0.05) is 13.0 Å². The lowest BCUT2D eigenvalue weighted by atomic mass is 9.99. The van der Waals surface area contributed by atoms with E-state index in [1.165, 1.54) is 44.9 Å². The Bertz CT molecular complexity index is 974. The van der Waals surface area contributed by atoms with Gasteiger partial charge in [0.05, 0.1) is 19.8 Å². The van der Waals surface area contributed by atoms with Crippen molar-refractivity contribution in [2.75, 3.05) is 26.4 Å². The highest BCUT2D eigenvalue weighted by atomic mass is 16.7. The lowest BCUT2D eigenvalue weighted by Gasteiger charge is -2.39. The molecule has 0 aliphatic carbocycles. The van der Waals surface area contributed by atoms with Gasteiger partial charge in [-0.3, -0.25) is 4.79 Å². The summed E-state index contributed by atoms with van der Waals surface area (Å²) in [6.07, 6.45) is 35.5. The maximum atomic E-state index is 12.6. The van der Waals surface area contributed by atoms with Crippen LogP contribution in [-0.4, -0.2) is 89.6 Å². The fraction of sp³-hybridized carbons (Fsp3) is 0.744. The third-order valence-electron chi connectivity index (χ3n) is 8.95. The van der Waals surface area contributed by atoms with E-state index < -0.39 is 43.4 Å². The van der Waals surface area contributed by atoms with Crippen LogP contribution in [0.3, 0.4) is 0 Å². The van der Waals surface area contributed by atoms with Gasteiger partial charge in [0.1, 0.15) is 30.5 Å². The maximum Gasteiger partial charge on any atom is 0.306 e. The van der Waals surface area contributed by atoms with Crippen LogP contribution in [0, 0.1) is 0 Å². The Labute approximate surface area is 315 Å². The molecule has 9 heteroatoms. The van der Waals surface area contributed by atoms with Crippen molar-refractivity contribution in [3.8, 4) is 0 Å². The summed E-state index contributed by atoms with van der Waals surface area (Å²) in [5.74, 6) is -0.329. The van der Waals surface area contributed by atoms with Crippen molar-refractivity contribution < 1.29 is 44.2 Å². The Morgan fingerprint density at radius 3 is 1.77 bits per heavy atom. The van der Waals surface area contributed by atoms with Crippen LogP contribution in [0.5, 0.6) is 0 Å². The normalized spacial score (nSPS) is 21.8. The van der Waals surface area contributed by atoms with Crippen molar-refractivity contribution in [2.45, 2.75) is 179 Å². The molecule has 4 N–H and O–H groups in total. The first kappa shape index (κ1) is 47.9. The van der Waals surface area contributed by atoms with Crippen molar-refractivity contribution in [1.82, 2.24) is 0 Å². The molecule has 0 spiro atoms. The Morgan fingerprint density at radius 2 is 1.17 bits per heavy atom. The number of carbonyl (C=O) groups excluding carboxylic acids is 1. The minimum atomic E-state index is -1.54. The van der Waals surface area contributed by atoms with Gasteiger partial charge in [-0.2, -0.15) is 0 Å². The molecular weight excluding hydrogens is 660 g/mol. The lowest BCUT2D eigenvalue weighted by molar-refractivity contribution is -0.305. The number of allylic oxidation sites excluding steroid dienone is 10. The van der Waals surface area contributed by atoms with E-state index in [9.17, 15) is 25.2 Å². The van der Waals surface area contributed by atoms with Crippen molar-refractivity contribution in [3.63, 3.8) is 0 Å². The fourth-order valence-corrected chi connectivity index (χ4v) is 5.75. The van der Waals surface area contributed by atoms with Gasteiger partial charge in [0.2, 0.25) is 0 Å². The van der Waals surface area contributed by atoms with Crippen LogP contribution < -0.4 is 0 Å². The molecule has 0 aromatic carbocycles. The summed E-state index contributed by atoms with van der Waals surface area (Å²) in [7, 11) is 0. The van der Waals surface area contributed by atoms with E-state index in [1.54, 1.807) is 0 Å². The molecule has 0 bridgehead atoms. The molecule has 0 saturated carbocycles. The smallest absolute Gasteiger partial charge is 0.306 e. The number of hydrogen-bond acceptors (Lipinski definition) is 9. The van der Waals surface area contributed by atoms with Gasteiger partial charge in [-0.1, -0.05) is 139 Å². The number of hydrogen-bond donors (Lipinski definition) is 4. The number of esters is 1. The summed E-state index contributed by atoms with van der Waals surface area (Å²) >= 11 is 0. The topological polar surface area (TPSA) is 135 Å². The molecule has 0 aromatic rings. The molecule has 1 aliphatic rings. The fourth-order valence-electron chi connectivity index (χ4n) is 5.75. The minimum Gasteiger partial charge on any atom is -0.457 e. The predicted molar refractivity (Wildman–Crippen MR) is 210 cm³/mol. The molecule has 0 aromatic heterocycles. The van der Waals surface area contributed by atoms with Crippen LogP contribution in [0.1, 0.15) is 142 Å². The Kier molecular flexibility index (Phi) is 31.9. The van der Waals surface area contributed by atoms with Crippen LogP contribution in [0.25, 0.3) is 0 Å². The van der Waals surface area contributed by atoms with Gasteiger partial charge in [0.25, 0.3) is 0 Å². The Balaban J connectivity index is 2.23. The van der Waals surface area contributed by atoms with Gasteiger partial charge >= 0.3 is 5.97 Å². The van der Waals surface area contributed by atoms with Crippen LogP contribution in [0.4, 0.5) is 0 Å². The van der Waals surface area contributed by atoms with E-state index in [0.29, 0.717) is 13.0 Å². The van der Waals surface area contributed by atoms with E-state index >= 15 is 0 Å². The van der Waals surface area contributed by atoms with Crippen molar-refractivity contribution in [2.24, 2.45) is 0 Å². The molecule has 9 nitrogen and oxygen atoms in total. The Hall–Kier alpha value is -2.11. The quantitative estimate of drug-likeness (QED) is 0.0298. The monoisotopic (exact) mass is 735 g/mol. The van der Waals surface area contributed by atoms with Crippen molar-refractivity contribution >= 4 is 5.97 Å². The van der Waals surface area contributed by atoms with Gasteiger partial charge in [0.15, 0.2) is 6.29 Å². The first-order valence-corrected chi connectivity index (χ1v) is 20.4. The van der Waals surface area contributed by atoms with Gasteiger partial charge < -0.3 is 39.4 Å². The lowest BCUT2D eigenvalue weighted by Crippen LogP contribution is -2.59. The molecule has 1 fully saturated rings. The number of aliphatic hydroxyl groups is 4. The highest BCUT2D eigenvalue weighted by Crippen LogP contribution is 2.22. The molecule has 0 amide bonds. The van der Waals surface area contributed by atoms with Crippen molar-refractivity contribution in [1.29, 1.82) is 0 Å². The summed E-state index contributed by atoms with van der Waals surface area (Å²) in [5, 5.41) is 39.9. The SMILES string of the molecule is CC/C=C\C/C=C\C/C=C\C/C=C\C/C=C\CCCCCCCCOCC(COC1OC(CO)C(O)C(O)C1O)OC(=O)CCCCCCCCC. The number of ether oxygens (including phenoxy) is 4. The van der Waals surface area contributed by atoms with Crippen LogP contribution in [-0.2, 0) is 23.7 Å². The van der Waals surface area contributed by atoms with E-state index in [2.05, 4.69) is 74.6 Å². The molecule has 1 saturated heterocycles. The maximum absolute atomic E-state index is 12.6. The third-order valence-corrected chi connectivity index (χ3v) is 8.95. The average molecular weight is 735 g/mol. The highest BCUT2D eigenvalue weighted by molar-refractivity contribution is 5.69. The second kappa shape index (κ2) is 34.6. The number of rotatable bonds is 33. The van der Waals surface area contributed by atoms with E-state index in [1.807, 2.05) is 0 Å². The molecule has 6 unspecified atom stereocenters. The van der Waals surface area contributed by atoms with E-state index in [0.717, 1.165) is 77.0 Å². The van der Waals surface area contributed by atoms with Gasteiger partial charge in [-0.15, -0.1) is 0 Å². The zero-order chi connectivity index (χ0) is 37.9. The zero-order valence-electron chi connectivity index (χ0n) is 32.5. The summed E-state index contributed by atoms with van der Waals surface area (Å²) < 4.78 is 22.6. The van der Waals surface area contributed by atoms with Crippen LogP contribution in [0.2, 0.25) is 0 Å². The standard InChI is InChI=1S/C43H74O9/c1-3-5-7-9-11-12-13-14-15-16-17-18-19-20-21-22-23-24-25-27-29-31-33-49-35-37(51-39(45)32-30-28-26-10-8-6-4-2)36-50-43-42(48)41(47)40(46)38(34-44)52-43/h5,7,11-12,14-15,17-18,20-21,37-38,40-44,46-48H,3-4,6,8-10,13,16,19,22-36H2,1-2H3/b7-5-,12-11-,15-14-,18-17-,21-20-. The molecule has 1 aliphatic heterocycles. The largest absolute Gasteiger partial charge is 0.457 e. The Morgan fingerprint density at radius 1 is 0.635 bits per heavy atom. The molecule has 1 heterocycles. The first-order chi connectivity index (χ1) is 25.4. The molecular formula is C43H74O9. The third kappa shape index (κ3) is 25.8.